The van der Waals surface area contributed by atoms with Gasteiger partial charge in [0.2, 0.25) is 0 Å². The number of amides is 1. The largest absolute Gasteiger partial charge is 0.394 e. The van der Waals surface area contributed by atoms with Gasteiger partial charge in [-0.1, -0.05) is 19.3 Å². The standard InChI is InChI=1S/C14H17BrFNO2/c15-12-5-4-10(16)8-11(12)13(19)17-14(9-18)6-2-1-3-7-14/h4-5,8,18H,1-3,6-7,9H2,(H,17,19). The summed E-state index contributed by atoms with van der Waals surface area (Å²) in [5.41, 5.74) is -0.292. The van der Waals surface area contributed by atoms with Gasteiger partial charge < -0.3 is 10.4 Å². The first kappa shape index (κ1) is 14.5. The van der Waals surface area contributed by atoms with Gasteiger partial charge in [0, 0.05) is 4.47 Å². The number of nitrogens with one attached hydrogen (secondary N) is 1. The van der Waals surface area contributed by atoms with Gasteiger partial charge in [0.1, 0.15) is 5.82 Å². The molecular weight excluding hydrogens is 313 g/mol. The Morgan fingerprint density at radius 2 is 2.05 bits per heavy atom. The molecule has 2 N–H and O–H groups in total. The monoisotopic (exact) mass is 329 g/mol. The summed E-state index contributed by atoms with van der Waals surface area (Å²) in [7, 11) is 0. The second-order valence-corrected chi connectivity index (χ2v) is 5.93. The summed E-state index contributed by atoms with van der Waals surface area (Å²) in [6.45, 7) is -0.0777. The van der Waals surface area contributed by atoms with E-state index in [9.17, 15) is 14.3 Å². The topological polar surface area (TPSA) is 49.3 Å². The highest BCUT2D eigenvalue weighted by Crippen LogP contribution is 2.28. The van der Waals surface area contributed by atoms with Crippen molar-refractivity contribution >= 4 is 21.8 Å². The molecule has 5 heteroatoms. The molecule has 1 fully saturated rings. The van der Waals surface area contributed by atoms with Crippen LogP contribution in [0.5, 0.6) is 0 Å². The lowest BCUT2D eigenvalue weighted by Crippen LogP contribution is -2.52. The predicted octanol–water partition coefficient (Wildman–Crippen LogP) is 3.01. The molecule has 1 aliphatic rings. The molecule has 2 rings (SSSR count). The fourth-order valence-corrected chi connectivity index (χ4v) is 2.96. The van der Waals surface area contributed by atoms with Crippen LogP contribution < -0.4 is 5.32 Å². The number of benzene rings is 1. The maximum Gasteiger partial charge on any atom is 0.253 e. The van der Waals surface area contributed by atoms with Crippen LogP contribution in [0.1, 0.15) is 42.5 Å². The first-order valence-electron chi connectivity index (χ1n) is 6.45. The number of carbonyl (C=O) groups is 1. The van der Waals surface area contributed by atoms with E-state index in [4.69, 9.17) is 0 Å². The third-order valence-electron chi connectivity index (χ3n) is 3.67. The number of hydrogen-bond donors (Lipinski definition) is 2. The molecule has 1 amide bonds. The molecule has 1 aromatic rings. The SMILES string of the molecule is O=C(NC1(CO)CCCCC1)c1cc(F)ccc1Br. The molecule has 0 aliphatic heterocycles. The van der Waals surface area contributed by atoms with Gasteiger partial charge in [0.15, 0.2) is 0 Å². The van der Waals surface area contributed by atoms with Crippen LogP contribution >= 0.6 is 15.9 Å². The van der Waals surface area contributed by atoms with E-state index in [-0.39, 0.29) is 18.1 Å². The van der Waals surface area contributed by atoms with Gasteiger partial charge in [-0.2, -0.15) is 0 Å². The third kappa shape index (κ3) is 3.34. The Hall–Kier alpha value is -0.940. The zero-order valence-electron chi connectivity index (χ0n) is 10.6. The third-order valence-corrected chi connectivity index (χ3v) is 4.36. The number of rotatable bonds is 3. The van der Waals surface area contributed by atoms with E-state index < -0.39 is 11.4 Å². The summed E-state index contributed by atoms with van der Waals surface area (Å²) in [4.78, 5) is 12.2. The molecule has 1 saturated carbocycles. The number of halogens is 2. The number of hydrogen-bond acceptors (Lipinski definition) is 2. The van der Waals surface area contributed by atoms with Gasteiger partial charge in [0.05, 0.1) is 17.7 Å². The molecule has 0 radical (unpaired) electrons. The van der Waals surface area contributed by atoms with Crippen molar-refractivity contribution in [2.75, 3.05) is 6.61 Å². The Morgan fingerprint density at radius 3 is 2.68 bits per heavy atom. The molecule has 0 aromatic heterocycles. The van der Waals surface area contributed by atoms with Crippen molar-refractivity contribution in [1.29, 1.82) is 0 Å². The quantitative estimate of drug-likeness (QED) is 0.895. The summed E-state index contributed by atoms with van der Waals surface area (Å²) in [6, 6.07) is 4.01. The molecule has 0 unspecified atom stereocenters. The second kappa shape index (κ2) is 6.01. The van der Waals surface area contributed by atoms with Crippen LogP contribution in [-0.2, 0) is 0 Å². The van der Waals surface area contributed by atoms with E-state index in [0.29, 0.717) is 4.47 Å². The second-order valence-electron chi connectivity index (χ2n) is 5.08. The molecule has 0 bridgehead atoms. The normalized spacial score (nSPS) is 18.1. The van der Waals surface area contributed by atoms with Crippen molar-refractivity contribution in [3.8, 4) is 0 Å². The summed E-state index contributed by atoms with van der Waals surface area (Å²) >= 11 is 3.25. The molecule has 1 aromatic carbocycles. The van der Waals surface area contributed by atoms with E-state index in [1.807, 2.05) is 0 Å². The summed E-state index contributed by atoms with van der Waals surface area (Å²) in [5.74, 6) is -0.794. The van der Waals surface area contributed by atoms with Crippen molar-refractivity contribution < 1.29 is 14.3 Å². The Bertz CT molecular complexity index is 473. The van der Waals surface area contributed by atoms with Crippen LogP contribution in [0.2, 0.25) is 0 Å². The minimum Gasteiger partial charge on any atom is -0.394 e. The number of aliphatic hydroxyl groups is 1. The first-order valence-corrected chi connectivity index (χ1v) is 7.24. The lowest BCUT2D eigenvalue weighted by atomic mass is 9.82. The van der Waals surface area contributed by atoms with E-state index in [1.54, 1.807) is 0 Å². The lowest BCUT2D eigenvalue weighted by molar-refractivity contribution is 0.0757. The maximum absolute atomic E-state index is 13.2. The Labute approximate surface area is 120 Å². The molecule has 0 saturated heterocycles. The maximum atomic E-state index is 13.2. The van der Waals surface area contributed by atoms with Crippen molar-refractivity contribution in [3.63, 3.8) is 0 Å². The fraction of sp³-hybridized carbons (Fsp3) is 0.500. The van der Waals surface area contributed by atoms with Gasteiger partial charge in [-0.3, -0.25) is 4.79 Å². The van der Waals surface area contributed by atoms with Crippen LogP contribution in [0.4, 0.5) is 4.39 Å². The molecule has 19 heavy (non-hydrogen) atoms. The van der Waals surface area contributed by atoms with Gasteiger partial charge >= 0.3 is 0 Å². The zero-order valence-corrected chi connectivity index (χ0v) is 12.2. The van der Waals surface area contributed by atoms with Crippen LogP contribution in [0.25, 0.3) is 0 Å². The summed E-state index contributed by atoms with van der Waals surface area (Å²) in [5, 5.41) is 12.4. The van der Waals surface area contributed by atoms with Crippen LogP contribution in [0, 0.1) is 5.82 Å². The minimum atomic E-state index is -0.554. The summed E-state index contributed by atoms with van der Waals surface area (Å²) < 4.78 is 13.8. The molecule has 0 heterocycles. The van der Waals surface area contributed by atoms with E-state index >= 15 is 0 Å². The Morgan fingerprint density at radius 1 is 1.37 bits per heavy atom. The van der Waals surface area contributed by atoms with Crippen molar-refractivity contribution in [2.24, 2.45) is 0 Å². The lowest BCUT2D eigenvalue weighted by Gasteiger charge is -2.36. The average Bonchev–Trinajstić information content (AvgIpc) is 2.42. The van der Waals surface area contributed by atoms with Crippen molar-refractivity contribution in [3.05, 3.63) is 34.1 Å². The van der Waals surface area contributed by atoms with Crippen molar-refractivity contribution in [2.45, 2.75) is 37.6 Å². The highest BCUT2D eigenvalue weighted by Gasteiger charge is 2.33. The van der Waals surface area contributed by atoms with Gasteiger partial charge in [-0.15, -0.1) is 0 Å². The molecular formula is C14H17BrFNO2. The predicted molar refractivity (Wildman–Crippen MR) is 74.5 cm³/mol. The number of carbonyl (C=O) groups excluding carboxylic acids is 1. The molecule has 1 aliphatic carbocycles. The van der Waals surface area contributed by atoms with Crippen LogP contribution in [0.15, 0.2) is 22.7 Å². The Balaban J connectivity index is 2.17. The van der Waals surface area contributed by atoms with Gasteiger partial charge in [-0.05, 0) is 47.0 Å². The first-order chi connectivity index (χ1) is 9.06. The van der Waals surface area contributed by atoms with Gasteiger partial charge in [-0.25, -0.2) is 4.39 Å². The highest BCUT2D eigenvalue weighted by atomic mass is 79.9. The molecule has 3 nitrogen and oxygen atoms in total. The molecule has 0 spiro atoms. The minimum absolute atomic E-state index is 0.0777. The van der Waals surface area contributed by atoms with E-state index in [0.717, 1.165) is 32.1 Å². The average molecular weight is 330 g/mol. The van der Waals surface area contributed by atoms with E-state index in [2.05, 4.69) is 21.2 Å². The fourth-order valence-electron chi connectivity index (χ4n) is 2.53. The van der Waals surface area contributed by atoms with E-state index in [1.165, 1.54) is 18.2 Å². The highest BCUT2D eigenvalue weighted by molar-refractivity contribution is 9.10. The number of aliphatic hydroxyl groups excluding tert-OH is 1. The Kier molecular flexibility index (Phi) is 4.58. The van der Waals surface area contributed by atoms with Crippen LogP contribution in [0.3, 0.4) is 0 Å². The van der Waals surface area contributed by atoms with Crippen molar-refractivity contribution in [1.82, 2.24) is 5.32 Å². The van der Waals surface area contributed by atoms with Gasteiger partial charge in [0.25, 0.3) is 5.91 Å². The smallest absolute Gasteiger partial charge is 0.253 e. The zero-order chi connectivity index (χ0) is 13.9. The summed E-state index contributed by atoms with van der Waals surface area (Å²) in [6.07, 6.45) is 4.64. The molecule has 0 atom stereocenters. The van der Waals surface area contributed by atoms with Crippen LogP contribution in [-0.4, -0.2) is 23.2 Å². The molecule has 104 valence electrons.